The zero-order valence-corrected chi connectivity index (χ0v) is 20.1. The molecule has 0 bridgehead atoms. The Morgan fingerprint density at radius 1 is 0.452 bits per heavy atom. The van der Waals surface area contributed by atoms with Crippen LogP contribution in [0.15, 0.2) is 91.1 Å². The van der Waals surface area contributed by atoms with Gasteiger partial charge < -0.3 is 0 Å². The van der Waals surface area contributed by atoms with E-state index in [1.54, 1.807) is 0 Å². The van der Waals surface area contributed by atoms with Crippen LogP contribution in [0.1, 0.15) is 62.8 Å². The summed E-state index contributed by atoms with van der Waals surface area (Å²) in [6, 6.07) is 28.8. The summed E-state index contributed by atoms with van der Waals surface area (Å²) in [5, 5.41) is 3.82. The zero-order valence-electron chi connectivity index (χ0n) is 20.1. The minimum Gasteiger partial charge on any atom is -0.256 e. The van der Waals surface area contributed by atoms with Crippen molar-refractivity contribution in [3.05, 3.63) is 91.1 Å². The molecule has 0 fully saturated rings. The van der Waals surface area contributed by atoms with Gasteiger partial charge in [-0.2, -0.15) is 0 Å². The lowest BCUT2D eigenvalue weighted by Gasteiger charge is -2.05. The highest BCUT2D eigenvalue weighted by molar-refractivity contribution is 5.82. The first-order chi connectivity index (χ1) is 13.9. The van der Waals surface area contributed by atoms with Gasteiger partial charge in [0.2, 0.25) is 0 Å². The molecule has 4 rings (SSSR count). The summed E-state index contributed by atoms with van der Waals surface area (Å²) in [6.45, 7) is 17.5. The van der Waals surface area contributed by atoms with Gasteiger partial charge in [0, 0.05) is 11.6 Å². The van der Waals surface area contributed by atoms with Gasteiger partial charge in [0.05, 0.1) is 5.52 Å². The van der Waals surface area contributed by atoms with Crippen LogP contribution >= 0.6 is 0 Å². The van der Waals surface area contributed by atoms with Gasteiger partial charge in [0.25, 0.3) is 0 Å². The van der Waals surface area contributed by atoms with E-state index in [2.05, 4.69) is 121 Å². The van der Waals surface area contributed by atoms with E-state index >= 15 is 0 Å². The predicted molar refractivity (Wildman–Crippen MR) is 143 cm³/mol. The molecule has 0 aliphatic rings. The van der Waals surface area contributed by atoms with Gasteiger partial charge in [-0.05, 0) is 33.7 Å². The number of para-hydroxylation sites is 1. The van der Waals surface area contributed by atoms with E-state index in [-0.39, 0.29) is 7.43 Å². The van der Waals surface area contributed by atoms with Crippen LogP contribution in [-0.4, -0.2) is 4.98 Å². The van der Waals surface area contributed by atoms with Crippen LogP contribution in [-0.2, 0) is 0 Å². The average Bonchev–Trinajstić information content (AvgIpc) is 2.66. The number of pyridine rings is 1. The molecule has 0 unspecified atom stereocenters. The summed E-state index contributed by atoms with van der Waals surface area (Å²) in [6.07, 6.45) is 1.81. The molecule has 1 aromatic heterocycles. The first-order valence-electron chi connectivity index (χ1n) is 10.7. The highest BCUT2D eigenvalue weighted by Crippen LogP contribution is 2.11. The lowest BCUT2D eigenvalue weighted by molar-refractivity contribution is 0.469. The number of hydrogen-bond donors (Lipinski definition) is 0. The maximum absolute atomic E-state index is 4.18. The normalized spacial score (nSPS) is 10.3. The molecule has 0 saturated heterocycles. The van der Waals surface area contributed by atoms with Gasteiger partial charge in [-0.3, -0.25) is 4.98 Å². The molecule has 1 heteroatoms. The quantitative estimate of drug-likeness (QED) is 0.277. The van der Waals surface area contributed by atoms with Crippen LogP contribution in [0.25, 0.3) is 21.7 Å². The van der Waals surface area contributed by atoms with Crippen LogP contribution in [0.2, 0.25) is 0 Å². The van der Waals surface area contributed by atoms with E-state index in [1.165, 1.54) is 16.2 Å². The van der Waals surface area contributed by atoms with Gasteiger partial charge >= 0.3 is 0 Å². The largest absolute Gasteiger partial charge is 0.256 e. The Morgan fingerprint density at radius 2 is 0.742 bits per heavy atom. The van der Waals surface area contributed by atoms with Gasteiger partial charge in [0.1, 0.15) is 0 Å². The first-order valence-corrected chi connectivity index (χ1v) is 10.7. The predicted octanol–water partition coefficient (Wildman–Crippen LogP) is 9.82. The molecular weight excluding hydrogens is 374 g/mol. The van der Waals surface area contributed by atoms with E-state index in [0.717, 1.165) is 5.52 Å². The highest BCUT2D eigenvalue weighted by atomic mass is 14.6. The fourth-order valence-electron chi connectivity index (χ4n) is 2.15. The first kappa shape index (κ1) is 28.3. The molecule has 168 valence electrons. The minimum atomic E-state index is 0. The molecule has 3 aromatic carbocycles. The summed E-state index contributed by atoms with van der Waals surface area (Å²) < 4.78 is 0. The average molecular weight is 418 g/mol. The maximum Gasteiger partial charge on any atom is 0.0701 e. The Balaban J connectivity index is 0.000000407. The Kier molecular flexibility index (Phi) is 12.4. The van der Waals surface area contributed by atoms with E-state index in [0.29, 0.717) is 10.8 Å². The van der Waals surface area contributed by atoms with Crippen molar-refractivity contribution >= 4 is 21.7 Å². The van der Waals surface area contributed by atoms with Crippen LogP contribution in [0.5, 0.6) is 0 Å². The van der Waals surface area contributed by atoms with Crippen LogP contribution in [0.4, 0.5) is 0 Å². The molecule has 1 nitrogen and oxygen atoms in total. The summed E-state index contributed by atoms with van der Waals surface area (Å²) in [4.78, 5) is 4.18. The molecule has 0 atom stereocenters. The molecule has 0 spiro atoms. The number of rotatable bonds is 0. The van der Waals surface area contributed by atoms with Gasteiger partial charge in [-0.25, -0.2) is 0 Å². The maximum atomic E-state index is 4.18. The second kappa shape index (κ2) is 13.6. The third-order valence-electron chi connectivity index (χ3n) is 3.17. The molecule has 0 saturated carbocycles. The highest BCUT2D eigenvalue weighted by Gasteiger charge is 1.96. The molecule has 4 aromatic rings. The molecule has 0 N–H and O–H groups in total. The van der Waals surface area contributed by atoms with Crippen molar-refractivity contribution in [2.45, 2.75) is 62.8 Å². The summed E-state index contributed by atoms with van der Waals surface area (Å²) >= 11 is 0. The van der Waals surface area contributed by atoms with E-state index < -0.39 is 0 Å². The van der Waals surface area contributed by atoms with Crippen LogP contribution in [0.3, 0.4) is 0 Å². The molecule has 0 amide bonds. The fourth-order valence-corrected chi connectivity index (χ4v) is 2.15. The summed E-state index contributed by atoms with van der Waals surface area (Å²) in [7, 11) is 0. The van der Waals surface area contributed by atoms with Crippen molar-refractivity contribution in [2.75, 3.05) is 0 Å². The lowest BCUT2D eigenvalue weighted by Crippen LogP contribution is -1.93. The molecule has 31 heavy (non-hydrogen) atoms. The molecular formula is C30H43N. The Morgan fingerprint density at radius 3 is 1.10 bits per heavy atom. The zero-order chi connectivity index (χ0) is 22.6. The topological polar surface area (TPSA) is 12.9 Å². The second-order valence-corrected chi connectivity index (χ2v) is 10.5. The monoisotopic (exact) mass is 417 g/mol. The number of nitrogens with zero attached hydrogens (tertiary/aromatic N) is 1. The van der Waals surface area contributed by atoms with Crippen molar-refractivity contribution in [3.63, 3.8) is 0 Å². The molecule has 0 aliphatic carbocycles. The lowest BCUT2D eigenvalue weighted by atomic mass is 10.0. The fraction of sp³-hybridized carbons (Fsp3) is 0.367. The standard InChI is InChI=1S/C10H8.C9H7N.2C5H12.CH4/c1-2-6-10-8-4-3-7-9(10)5-1;1-2-6-9-8(4-1)5-3-7-10-9;2*1-5(2,3)4;/h1-8H;1-7H;2*1-4H3;1H4. The van der Waals surface area contributed by atoms with E-state index in [9.17, 15) is 0 Å². The van der Waals surface area contributed by atoms with Crippen LogP contribution < -0.4 is 0 Å². The Bertz CT molecular complexity index is 762. The smallest absolute Gasteiger partial charge is 0.0701 e. The molecule has 1 heterocycles. The van der Waals surface area contributed by atoms with Crippen molar-refractivity contribution in [2.24, 2.45) is 10.8 Å². The van der Waals surface area contributed by atoms with Gasteiger partial charge in [-0.1, -0.05) is 136 Å². The Labute approximate surface area is 191 Å². The van der Waals surface area contributed by atoms with Crippen LogP contribution in [0, 0.1) is 10.8 Å². The van der Waals surface area contributed by atoms with Crippen molar-refractivity contribution in [1.29, 1.82) is 0 Å². The number of aromatic nitrogens is 1. The van der Waals surface area contributed by atoms with Gasteiger partial charge in [0.15, 0.2) is 0 Å². The molecule has 0 aliphatic heterocycles. The second-order valence-electron chi connectivity index (χ2n) is 10.5. The number of benzene rings is 3. The third kappa shape index (κ3) is 15.8. The summed E-state index contributed by atoms with van der Waals surface area (Å²) in [5.41, 5.74) is 2.06. The van der Waals surface area contributed by atoms with E-state index in [1.807, 2.05) is 30.5 Å². The van der Waals surface area contributed by atoms with Gasteiger partial charge in [-0.15, -0.1) is 0 Å². The SMILES string of the molecule is C.CC(C)(C)C.CC(C)(C)C.c1ccc2ccccc2c1.c1ccc2ncccc2c1. The van der Waals surface area contributed by atoms with Crippen molar-refractivity contribution in [1.82, 2.24) is 4.98 Å². The minimum absolute atomic E-state index is 0. The van der Waals surface area contributed by atoms with Crippen molar-refractivity contribution in [3.8, 4) is 0 Å². The number of fused-ring (bicyclic) bond motifs is 2. The number of hydrogen-bond acceptors (Lipinski definition) is 1. The Hall–Kier alpha value is -2.67. The third-order valence-corrected chi connectivity index (χ3v) is 3.17. The molecule has 0 radical (unpaired) electrons. The van der Waals surface area contributed by atoms with Crippen molar-refractivity contribution < 1.29 is 0 Å². The van der Waals surface area contributed by atoms with E-state index in [4.69, 9.17) is 0 Å². The summed E-state index contributed by atoms with van der Waals surface area (Å²) in [5.74, 6) is 0.